The van der Waals surface area contributed by atoms with Crippen molar-refractivity contribution in [3.8, 4) is 0 Å². The molecule has 3 rings (SSSR count). The van der Waals surface area contributed by atoms with Crippen LogP contribution in [0.1, 0.15) is 19.8 Å². The largest absolute Gasteiger partial charge is 0.326 e. The van der Waals surface area contributed by atoms with Gasteiger partial charge in [0.15, 0.2) is 9.84 Å². The van der Waals surface area contributed by atoms with E-state index in [1.165, 1.54) is 42.1 Å². The SMILES string of the molecule is C[C@@H]1CC(=O)Nc2cc(S(=O)(=O)CCC(=O)Nc3cccc(F)c3)ccc2S1. The van der Waals surface area contributed by atoms with Gasteiger partial charge in [0.1, 0.15) is 5.82 Å². The molecule has 9 heteroatoms. The molecule has 0 aliphatic carbocycles. The maximum atomic E-state index is 13.2. The van der Waals surface area contributed by atoms with Crippen molar-refractivity contribution in [2.45, 2.75) is 34.8 Å². The summed E-state index contributed by atoms with van der Waals surface area (Å²) in [5, 5.41) is 5.29. The van der Waals surface area contributed by atoms with Gasteiger partial charge in [-0.2, -0.15) is 0 Å². The summed E-state index contributed by atoms with van der Waals surface area (Å²) in [7, 11) is -3.73. The number of hydrogen-bond donors (Lipinski definition) is 2. The molecule has 0 unspecified atom stereocenters. The zero-order valence-electron chi connectivity index (χ0n) is 15.1. The van der Waals surface area contributed by atoms with E-state index < -0.39 is 27.3 Å². The lowest BCUT2D eigenvalue weighted by molar-refractivity contribution is -0.116. The Bertz CT molecular complexity index is 1020. The van der Waals surface area contributed by atoms with E-state index in [1.54, 1.807) is 6.07 Å². The predicted octanol–water partition coefficient (Wildman–Crippen LogP) is 3.45. The fraction of sp³-hybridized carbons (Fsp3) is 0.263. The van der Waals surface area contributed by atoms with Crippen molar-refractivity contribution < 1.29 is 22.4 Å². The van der Waals surface area contributed by atoms with Gasteiger partial charge in [-0.25, -0.2) is 12.8 Å². The van der Waals surface area contributed by atoms with Crippen LogP contribution in [0.4, 0.5) is 15.8 Å². The second-order valence-corrected chi connectivity index (χ2v) is 10.1. The zero-order valence-corrected chi connectivity index (χ0v) is 16.7. The Morgan fingerprint density at radius 2 is 2.07 bits per heavy atom. The number of rotatable bonds is 5. The number of benzene rings is 2. The van der Waals surface area contributed by atoms with Crippen LogP contribution >= 0.6 is 11.8 Å². The number of carbonyl (C=O) groups excluding carboxylic acids is 2. The molecule has 1 aliphatic rings. The van der Waals surface area contributed by atoms with Crippen molar-refractivity contribution in [2.24, 2.45) is 0 Å². The van der Waals surface area contributed by atoms with Gasteiger partial charge in [-0.1, -0.05) is 13.0 Å². The zero-order chi connectivity index (χ0) is 20.3. The highest BCUT2D eigenvalue weighted by atomic mass is 32.2. The molecule has 1 atom stereocenters. The van der Waals surface area contributed by atoms with Gasteiger partial charge in [0, 0.05) is 28.7 Å². The Hall–Kier alpha value is -2.39. The Kier molecular flexibility index (Phi) is 6.04. The minimum absolute atomic E-state index is 0.0419. The van der Waals surface area contributed by atoms with E-state index in [4.69, 9.17) is 0 Å². The molecule has 1 heterocycles. The Labute approximate surface area is 166 Å². The molecule has 0 saturated heterocycles. The molecular formula is C19H19FN2O4S2. The fourth-order valence-corrected chi connectivity index (χ4v) is 5.07. The molecule has 1 aliphatic heterocycles. The van der Waals surface area contributed by atoms with Crippen LogP contribution in [0.5, 0.6) is 0 Å². The summed E-state index contributed by atoms with van der Waals surface area (Å²) in [4.78, 5) is 24.7. The van der Waals surface area contributed by atoms with Crippen LogP contribution in [-0.2, 0) is 19.4 Å². The van der Waals surface area contributed by atoms with Gasteiger partial charge in [-0.3, -0.25) is 9.59 Å². The second kappa shape index (κ2) is 8.32. The maximum absolute atomic E-state index is 13.2. The third kappa shape index (κ3) is 5.11. The van der Waals surface area contributed by atoms with E-state index in [0.29, 0.717) is 12.1 Å². The molecule has 0 radical (unpaired) electrons. The number of hydrogen-bond acceptors (Lipinski definition) is 5. The highest BCUT2D eigenvalue weighted by molar-refractivity contribution is 8.00. The van der Waals surface area contributed by atoms with E-state index in [0.717, 1.165) is 11.0 Å². The van der Waals surface area contributed by atoms with Gasteiger partial charge < -0.3 is 10.6 Å². The molecular weight excluding hydrogens is 403 g/mol. The summed E-state index contributed by atoms with van der Waals surface area (Å²) in [6.45, 7) is 1.93. The van der Waals surface area contributed by atoms with Gasteiger partial charge >= 0.3 is 0 Å². The van der Waals surface area contributed by atoms with Crippen LogP contribution in [0, 0.1) is 5.82 Å². The minimum atomic E-state index is -3.73. The van der Waals surface area contributed by atoms with Gasteiger partial charge in [0.25, 0.3) is 0 Å². The molecule has 0 aromatic heterocycles. The summed E-state index contributed by atoms with van der Waals surface area (Å²) in [6, 6.07) is 9.94. The lowest BCUT2D eigenvalue weighted by atomic mass is 10.3. The Morgan fingerprint density at radius 3 is 2.82 bits per heavy atom. The number of amides is 2. The molecule has 2 aromatic rings. The number of nitrogens with one attached hydrogen (secondary N) is 2. The van der Waals surface area contributed by atoms with E-state index in [2.05, 4.69) is 10.6 Å². The molecule has 6 nitrogen and oxygen atoms in total. The normalized spacial score (nSPS) is 16.6. The summed E-state index contributed by atoms with van der Waals surface area (Å²) in [5.41, 5.74) is 0.728. The average molecular weight is 423 g/mol. The quantitative estimate of drug-likeness (QED) is 0.770. The maximum Gasteiger partial charge on any atom is 0.225 e. The molecule has 0 saturated carbocycles. The Morgan fingerprint density at radius 1 is 1.29 bits per heavy atom. The standard InChI is InChI=1S/C19H19FN2O4S2/c1-12-9-19(24)22-16-11-15(5-6-17(16)27-12)28(25,26)8-7-18(23)21-14-4-2-3-13(20)10-14/h2-6,10-12H,7-9H2,1H3,(H,21,23)(H,22,24)/t12-/m1/s1. The van der Waals surface area contributed by atoms with Crippen LogP contribution in [-0.4, -0.2) is 31.2 Å². The fourth-order valence-electron chi connectivity index (χ4n) is 2.76. The van der Waals surface area contributed by atoms with Crippen molar-refractivity contribution in [3.05, 3.63) is 48.3 Å². The minimum Gasteiger partial charge on any atom is -0.326 e. The van der Waals surface area contributed by atoms with Crippen molar-refractivity contribution >= 4 is 44.8 Å². The van der Waals surface area contributed by atoms with Crippen LogP contribution in [0.3, 0.4) is 0 Å². The van der Waals surface area contributed by atoms with Gasteiger partial charge in [0.2, 0.25) is 11.8 Å². The average Bonchev–Trinajstić information content (AvgIpc) is 2.75. The lowest BCUT2D eigenvalue weighted by Gasteiger charge is -2.11. The first-order chi connectivity index (χ1) is 13.2. The molecule has 0 fully saturated rings. The highest BCUT2D eigenvalue weighted by Gasteiger charge is 2.23. The number of carbonyl (C=O) groups is 2. The molecule has 0 spiro atoms. The lowest BCUT2D eigenvalue weighted by Crippen LogP contribution is -2.18. The first-order valence-corrected chi connectivity index (χ1v) is 11.1. The highest BCUT2D eigenvalue weighted by Crippen LogP contribution is 2.36. The third-order valence-corrected chi connectivity index (χ3v) is 6.98. The molecule has 2 N–H and O–H groups in total. The first-order valence-electron chi connectivity index (χ1n) is 8.62. The molecule has 0 bridgehead atoms. The van der Waals surface area contributed by atoms with Crippen LogP contribution in [0.15, 0.2) is 52.3 Å². The smallest absolute Gasteiger partial charge is 0.225 e. The predicted molar refractivity (Wildman–Crippen MR) is 107 cm³/mol. The van der Waals surface area contributed by atoms with E-state index in [-0.39, 0.29) is 28.2 Å². The van der Waals surface area contributed by atoms with Crippen molar-refractivity contribution in [3.63, 3.8) is 0 Å². The van der Waals surface area contributed by atoms with Crippen LogP contribution in [0.25, 0.3) is 0 Å². The van der Waals surface area contributed by atoms with Crippen molar-refractivity contribution in [1.82, 2.24) is 0 Å². The van der Waals surface area contributed by atoms with Crippen LogP contribution in [0.2, 0.25) is 0 Å². The van der Waals surface area contributed by atoms with Crippen LogP contribution < -0.4 is 10.6 Å². The van der Waals surface area contributed by atoms with E-state index in [9.17, 15) is 22.4 Å². The van der Waals surface area contributed by atoms with Crippen molar-refractivity contribution in [2.75, 3.05) is 16.4 Å². The number of fused-ring (bicyclic) bond motifs is 1. The van der Waals surface area contributed by atoms with Gasteiger partial charge in [-0.05, 0) is 36.4 Å². The number of thioether (sulfide) groups is 1. The summed E-state index contributed by atoms with van der Waals surface area (Å²) in [6.07, 6.45) is 0.0791. The molecule has 148 valence electrons. The number of halogens is 1. The first kappa shape index (κ1) is 20.3. The molecule has 2 amide bonds. The Balaban J connectivity index is 1.69. The van der Waals surface area contributed by atoms with E-state index >= 15 is 0 Å². The monoisotopic (exact) mass is 422 g/mol. The third-order valence-electron chi connectivity index (χ3n) is 4.09. The second-order valence-electron chi connectivity index (χ2n) is 6.47. The van der Waals surface area contributed by atoms with Gasteiger partial charge in [-0.15, -0.1) is 11.8 Å². The molecule has 2 aromatic carbocycles. The van der Waals surface area contributed by atoms with Gasteiger partial charge in [0.05, 0.1) is 16.3 Å². The number of sulfone groups is 1. The summed E-state index contributed by atoms with van der Waals surface area (Å²) in [5.74, 6) is -1.58. The summed E-state index contributed by atoms with van der Waals surface area (Å²) < 4.78 is 38.4. The van der Waals surface area contributed by atoms with E-state index in [1.807, 2.05) is 6.92 Å². The van der Waals surface area contributed by atoms with Crippen molar-refractivity contribution in [1.29, 1.82) is 0 Å². The summed E-state index contributed by atoms with van der Waals surface area (Å²) >= 11 is 1.50. The topological polar surface area (TPSA) is 92.3 Å². The molecule has 28 heavy (non-hydrogen) atoms. The number of anilines is 2.